The van der Waals surface area contributed by atoms with Crippen LogP contribution in [0, 0.1) is 18.3 Å². The molecule has 3 aromatic rings. The topological polar surface area (TPSA) is 95.6 Å². The van der Waals surface area contributed by atoms with Crippen LogP contribution in [0.25, 0.3) is 22.0 Å². The standard InChI is InChI=1S/C16H11ClN4O/c1-8-11-4-9(6-18)5-12(10-2-3-13(17)20-7-10)15(11)21-14(8)16(19)22/h2-5,7,21H,1H3,(H2,19,22). The maximum atomic E-state index is 11.5. The summed E-state index contributed by atoms with van der Waals surface area (Å²) in [5, 5.41) is 10.4. The SMILES string of the molecule is Cc1c(C(N)=O)[nH]c2c(-c3ccc(Cl)nc3)cc(C#N)cc12. The lowest BCUT2D eigenvalue weighted by atomic mass is 10.00. The summed E-state index contributed by atoms with van der Waals surface area (Å²) in [7, 11) is 0. The molecule has 5 nitrogen and oxygen atoms in total. The first kappa shape index (κ1) is 14.1. The molecule has 0 atom stereocenters. The van der Waals surface area contributed by atoms with Crippen LogP contribution < -0.4 is 5.73 Å². The number of nitrogens with two attached hydrogens (primary N) is 1. The average Bonchev–Trinajstić information content (AvgIpc) is 2.85. The molecule has 0 radical (unpaired) electrons. The maximum absolute atomic E-state index is 11.5. The van der Waals surface area contributed by atoms with E-state index in [2.05, 4.69) is 16.0 Å². The maximum Gasteiger partial charge on any atom is 0.265 e. The smallest absolute Gasteiger partial charge is 0.265 e. The Kier molecular flexibility index (Phi) is 3.32. The Balaban J connectivity index is 2.38. The Hall–Kier alpha value is -2.84. The molecule has 0 spiro atoms. The number of benzene rings is 1. The first-order valence-electron chi connectivity index (χ1n) is 6.49. The van der Waals surface area contributed by atoms with E-state index in [0.29, 0.717) is 16.4 Å². The van der Waals surface area contributed by atoms with E-state index in [1.807, 2.05) is 6.07 Å². The van der Waals surface area contributed by atoms with Gasteiger partial charge in [0.1, 0.15) is 10.8 Å². The predicted molar refractivity (Wildman–Crippen MR) is 84.5 cm³/mol. The van der Waals surface area contributed by atoms with Gasteiger partial charge >= 0.3 is 0 Å². The summed E-state index contributed by atoms with van der Waals surface area (Å²) in [6.45, 7) is 1.80. The molecule has 108 valence electrons. The van der Waals surface area contributed by atoms with Gasteiger partial charge in [-0.05, 0) is 36.8 Å². The third-order valence-corrected chi connectivity index (χ3v) is 3.80. The molecule has 6 heteroatoms. The Bertz CT molecular complexity index is 935. The van der Waals surface area contributed by atoms with Gasteiger partial charge in [0.15, 0.2) is 0 Å². The molecule has 22 heavy (non-hydrogen) atoms. The van der Waals surface area contributed by atoms with Crippen molar-refractivity contribution in [1.29, 1.82) is 5.26 Å². The lowest BCUT2D eigenvalue weighted by molar-refractivity contribution is 0.0996. The fourth-order valence-corrected chi connectivity index (χ4v) is 2.61. The highest BCUT2D eigenvalue weighted by molar-refractivity contribution is 6.29. The number of hydrogen-bond donors (Lipinski definition) is 2. The van der Waals surface area contributed by atoms with Gasteiger partial charge in [0, 0.05) is 22.7 Å². The molecule has 2 heterocycles. The summed E-state index contributed by atoms with van der Waals surface area (Å²) in [6, 6.07) is 9.09. The highest BCUT2D eigenvalue weighted by atomic mass is 35.5. The van der Waals surface area contributed by atoms with E-state index in [9.17, 15) is 10.1 Å². The molecule has 3 N–H and O–H groups in total. The third-order valence-electron chi connectivity index (χ3n) is 3.58. The molecule has 2 aromatic heterocycles. The highest BCUT2D eigenvalue weighted by Crippen LogP contribution is 2.32. The number of pyridine rings is 1. The number of halogens is 1. The zero-order valence-corrected chi connectivity index (χ0v) is 12.4. The molecular formula is C16H11ClN4O. The molecule has 0 bridgehead atoms. The van der Waals surface area contributed by atoms with Crippen LogP contribution in [0.15, 0.2) is 30.5 Å². The van der Waals surface area contributed by atoms with Crippen LogP contribution >= 0.6 is 11.6 Å². The van der Waals surface area contributed by atoms with Gasteiger partial charge in [0.2, 0.25) is 0 Å². The van der Waals surface area contributed by atoms with E-state index in [-0.39, 0.29) is 0 Å². The lowest BCUT2D eigenvalue weighted by Crippen LogP contribution is -2.12. The first-order chi connectivity index (χ1) is 10.5. The molecule has 0 aliphatic carbocycles. The van der Waals surface area contributed by atoms with E-state index in [4.69, 9.17) is 17.3 Å². The minimum Gasteiger partial charge on any atom is -0.364 e. The Morgan fingerprint density at radius 2 is 2.18 bits per heavy atom. The molecule has 0 aliphatic heterocycles. The van der Waals surface area contributed by atoms with Crippen molar-refractivity contribution >= 4 is 28.4 Å². The number of hydrogen-bond acceptors (Lipinski definition) is 3. The fraction of sp³-hybridized carbons (Fsp3) is 0.0625. The van der Waals surface area contributed by atoms with Gasteiger partial charge in [-0.25, -0.2) is 4.98 Å². The van der Waals surface area contributed by atoms with Gasteiger partial charge < -0.3 is 10.7 Å². The van der Waals surface area contributed by atoms with Crippen molar-refractivity contribution in [2.75, 3.05) is 0 Å². The van der Waals surface area contributed by atoms with E-state index < -0.39 is 5.91 Å². The Morgan fingerprint density at radius 3 is 2.77 bits per heavy atom. The minimum absolute atomic E-state index is 0.341. The number of H-pyrrole nitrogens is 1. The molecule has 1 aromatic carbocycles. The van der Waals surface area contributed by atoms with Crippen molar-refractivity contribution in [3.05, 3.63) is 52.4 Å². The summed E-state index contributed by atoms with van der Waals surface area (Å²) >= 11 is 5.81. The fourth-order valence-electron chi connectivity index (χ4n) is 2.50. The van der Waals surface area contributed by atoms with E-state index in [0.717, 1.165) is 27.6 Å². The number of aromatic nitrogens is 2. The second-order valence-corrected chi connectivity index (χ2v) is 5.30. The van der Waals surface area contributed by atoms with Gasteiger partial charge in [-0.3, -0.25) is 4.79 Å². The van der Waals surface area contributed by atoms with Gasteiger partial charge in [-0.15, -0.1) is 0 Å². The van der Waals surface area contributed by atoms with Crippen LogP contribution in [0.3, 0.4) is 0 Å². The molecule has 3 rings (SSSR count). The Morgan fingerprint density at radius 1 is 1.41 bits per heavy atom. The van der Waals surface area contributed by atoms with Crippen molar-refractivity contribution in [3.8, 4) is 17.2 Å². The minimum atomic E-state index is -0.535. The van der Waals surface area contributed by atoms with Crippen molar-refractivity contribution in [2.24, 2.45) is 5.73 Å². The molecule has 1 amide bonds. The molecule has 0 aliphatic rings. The first-order valence-corrected chi connectivity index (χ1v) is 6.87. The molecule has 0 unspecified atom stereocenters. The zero-order valence-electron chi connectivity index (χ0n) is 11.6. The summed E-state index contributed by atoms with van der Waals surface area (Å²) in [5.41, 5.74) is 9.27. The zero-order chi connectivity index (χ0) is 15.9. The Labute approximate surface area is 131 Å². The molecule has 0 saturated heterocycles. The second-order valence-electron chi connectivity index (χ2n) is 4.92. The van der Waals surface area contributed by atoms with Crippen molar-refractivity contribution in [1.82, 2.24) is 9.97 Å². The monoisotopic (exact) mass is 310 g/mol. The molecular weight excluding hydrogens is 300 g/mol. The van der Waals surface area contributed by atoms with Gasteiger partial charge in [-0.2, -0.15) is 5.26 Å². The van der Waals surface area contributed by atoms with Gasteiger partial charge in [0.25, 0.3) is 5.91 Å². The molecule has 0 saturated carbocycles. The van der Waals surface area contributed by atoms with Crippen LogP contribution in [0.1, 0.15) is 21.6 Å². The van der Waals surface area contributed by atoms with Gasteiger partial charge in [0.05, 0.1) is 17.1 Å². The number of primary amides is 1. The number of nitrogens with one attached hydrogen (secondary N) is 1. The number of carbonyl (C=O) groups is 1. The number of aryl methyl sites for hydroxylation is 1. The largest absolute Gasteiger partial charge is 0.364 e. The second kappa shape index (κ2) is 5.17. The number of rotatable bonds is 2. The van der Waals surface area contributed by atoms with E-state index in [1.54, 1.807) is 31.3 Å². The van der Waals surface area contributed by atoms with Crippen LogP contribution in [0.4, 0.5) is 0 Å². The highest BCUT2D eigenvalue weighted by Gasteiger charge is 2.16. The van der Waals surface area contributed by atoms with Crippen LogP contribution in [-0.2, 0) is 0 Å². The van der Waals surface area contributed by atoms with Crippen LogP contribution in [0.2, 0.25) is 5.15 Å². The number of aromatic amines is 1. The number of amides is 1. The van der Waals surface area contributed by atoms with Crippen molar-refractivity contribution < 1.29 is 4.79 Å². The van der Waals surface area contributed by atoms with Crippen molar-refractivity contribution in [2.45, 2.75) is 6.92 Å². The quantitative estimate of drug-likeness (QED) is 0.712. The third kappa shape index (κ3) is 2.20. The number of fused-ring (bicyclic) bond motifs is 1. The normalized spacial score (nSPS) is 10.6. The molecule has 0 fully saturated rings. The number of nitrogens with zero attached hydrogens (tertiary/aromatic N) is 2. The van der Waals surface area contributed by atoms with Crippen molar-refractivity contribution in [3.63, 3.8) is 0 Å². The summed E-state index contributed by atoms with van der Waals surface area (Å²) in [5.74, 6) is -0.535. The predicted octanol–water partition coefficient (Wildman–Crippen LogP) is 3.16. The summed E-state index contributed by atoms with van der Waals surface area (Å²) < 4.78 is 0. The van der Waals surface area contributed by atoms with E-state index in [1.165, 1.54) is 0 Å². The van der Waals surface area contributed by atoms with Gasteiger partial charge in [-0.1, -0.05) is 11.6 Å². The number of nitriles is 1. The summed E-state index contributed by atoms with van der Waals surface area (Å²) in [4.78, 5) is 18.6. The lowest BCUT2D eigenvalue weighted by Gasteiger charge is -2.05. The average molecular weight is 311 g/mol. The number of carbonyl (C=O) groups excluding carboxylic acids is 1. The van der Waals surface area contributed by atoms with E-state index >= 15 is 0 Å². The van der Waals surface area contributed by atoms with Crippen LogP contribution in [0.5, 0.6) is 0 Å². The summed E-state index contributed by atoms with van der Waals surface area (Å²) in [6.07, 6.45) is 1.62. The van der Waals surface area contributed by atoms with Crippen LogP contribution in [-0.4, -0.2) is 15.9 Å².